The first-order valence-electron chi connectivity index (χ1n) is 6.48. The van der Waals surface area contributed by atoms with Gasteiger partial charge in [-0.1, -0.05) is 22.0 Å². The van der Waals surface area contributed by atoms with Gasteiger partial charge < -0.3 is 10.2 Å². The zero-order chi connectivity index (χ0) is 15.6. The first-order valence-corrected chi connectivity index (χ1v) is 7.27. The highest BCUT2D eigenvalue weighted by molar-refractivity contribution is 9.10. The Labute approximate surface area is 132 Å². The molecule has 6 heteroatoms. The first kappa shape index (κ1) is 15.4. The molecule has 0 atom stereocenters. The van der Waals surface area contributed by atoms with Crippen molar-refractivity contribution in [2.45, 2.75) is 13.8 Å². The van der Waals surface area contributed by atoms with Gasteiger partial charge >= 0.3 is 0 Å². The Balaban J connectivity index is 2.29. The molecule has 0 saturated carbocycles. The predicted molar refractivity (Wildman–Crippen MR) is 87.9 cm³/mol. The molecule has 1 aromatic carbocycles. The summed E-state index contributed by atoms with van der Waals surface area (Å²) in [6.07, 6.45) is 0. The first-order chi connectivity index (χ1) is 9.88. The number of nitrogens with one attached hydrogen (secondary N) is 1. The van der Waals surface area contributed by atoms with Crippen LogP contribution in [0.3, 0.4) is 0 Å². The zero-order valence-corrected chi connectivity index (χ0v) is 14.0. The molecule has 0 aliphatic heterocycles. The minimum absolute atomic E-state index is 0.177. The van der Waals surface area contributed by atoms with Gasteiger partial charge in [0.1, 0.15) is 0 Å². The van der Waals surface area contributed by atoms with Crippen LogP contribution >= 0.6 is 15.9 Å². The molecule has 0 saturated heterocycles. The average molecular weight is 349 g/mol. The number of aryl methyl sites for hydroxylation is 2. The van der Waals surface area contributed by atoms with Gasteiger partial charge in [-0.2, -0.15) is 0 Å². The minimum Gasteiger partial charge on any atom is -0.347 e. The Kier molecular flexibility index (Phi) is 4.57. The fourth-order valence-corrected chi connectivity index (χ4v) is 2.29. The van der Waals surface area contributed by atoms with E-state index in [0.29, 0.717) is 17.2 Å². The number of nitrogens with zero attached hydrogens (tertiary/aromatic N) is 3. The lowest BCUT2D eigenvalue weighted by molar-refractivity contribution is 0.102. The number of halogens is 1. The lowest BCUT2D eigenvalue weighted by Crippen LogP contribution is -2.18. The third kappa shape index (κ3) is 3.58. The topological polar surface area (TPSA) is 58.1 Å². The molecular weight excluding hydrogens is 332 g/mol. The van der Waals surface area contributed by atoms with E-state index in [2.05, 4.69) is 31.2 Å². The molecule has 1 amide bonds. The lowest BCUT2D eigenvalue weighted by Gasteiger charge is -2.15. The van der Waals surface area contributed by atoms with E-state index in [0.717, 1.165) is 15.9 Å². The third-order valence-electron chi connectivity index (χ3n) is 2.98. The summed E-state index contributed by atoms with van der Waals surface area (Å²) in [6, 6.07) is 7.24. The highest BCUT2D eigenvalue weighted by Gasteiger charge is 2.13. The second kappa shape index (κ2) is 6.22. The monoisotopic (exact) mass is 348 g/mol. The molecule has 1 aromatic heterocycles. The average Bonchev–Trinajstić information content (AvgIpc) is 2.42. The molecule has 5 nitrogen and oxygen atoms in total. The van der Waals surface area contributed by atoms with E-state index in [9.17, 15) is 4.79 Å². The van der Waals surface area contributed by atoms with Crippen LogP contribution in [-0.4, -0.2) is 30.0 Å². The van der Waals surface area contributed by atoms with E-state index in [1.165, 1.54) is 0 Å². The van der Waals surface area contributed by atoms with Crippen LogP contribution in [0.1, 0.15) is 21.7 Å². The fourth-order valence-electron chi connectivity index (χ4n) is 1.89. The van der Waals surface area contributed by atoms with Gasteiger partial charge in [0.25, 0.3) is 5.91 Å². The Morgan fingerprint density at radius 1 is 1.19 bits per heavy atom. The summed E-state index contributed by atoms with van der Waals surface area (Å²) in [5.41, 5.74) is 2.73. The van der Waals surface area contributed by atoms with Crippen LogP contribution in [0.4, 0.5) is 11.6 Å². The second-order valence-corrected chi connectivity index (χ2v) is 5.84. The summed E-state index contributed by atoms with van der Waals surface area (Å²) in [4.78, 5) is 22.9. The van der Waals surface area contributed by atoms with Gasteiger partial charge in [0.15, 0.2) is 0 Å². The van der Waals surface area contributed by atoms with Gasteiger partial charge in [0.2, 0.25) is 5.95 Å². The van der Waals surface area contributed by atoms with E-state index in [-0.39, 0.29) is 5.91 Å². The van der Waals surface area contributed by atoms with Crippen molar-refractivity contribution < 1.29 is 4.79 Å². The van der Waals surface area contributed by atoms with Crippen molar-refractivity contribution >= 4 is 33.5 Å². The van der Waals surface area contributed by atoms with Crippen LogP contribution in [0, 0.1) is 13.8 Å². The molecule has 0 unspecified atom stereocenters. The summed E-state index contributed by atoms with van der Waals surface area (Å²) in [7, 11) is 3.77. The smallest absolute Gasteiger partial charge is 0.255 e. The van der Waals surface area contributed by atoms with Crippen LogP contribution in [0.25, 0.3) is 0 Å². The number of benzene rings is 1. The molecule has 0 radical (unpaired) electrons. The van der Waals surface area contributed by atoms with Crippen LogP contribution < -0.4 is 10.2 Å². The van der Waals surface area contributed by atoms with Gasteiger partial charge in [0.05, 0.1) is 17.1 Å². The van der Waals surface area contributed by atoms with Gasteiger partial charge in [-0.15, -0.1) is 0 Å². The van der Waals surface area contributed by atoms with Gasteiger partial charge in [0, 0.05) is 24.1 Å². The van der Waals surface area contributed by atoms with Gasteiger partial charge in [-0.05, 0) is 32.0 Å². The summed E-state index contributed by atoms with van der Waals surface area (Å²) < 4.78 is 0.864. The van der Waals surface area contributed by atoms with Crippen molar-refractivity contribution in [3.05, 3.63) is 45.7 Å². The molecule has 0 aliphatic carbocycles. The summed E-state index contributed by atoms with van der Waals surface area (Å²) in [5, 5.41) is 2.88. The summed E-state index contributed by atoms with van der Waals surface area (Å²) in [6.45, 7) is 3.72. The SMILES string of the molecule is Cc1nc(N(C)C)nc(C)c1NC(=O)c1cccc(Br)c1. The number of hydrogen-bond acceptors (Lipinski definition) is 4. The fraction of sp³-hybridized carbons (Fsp3) is 0.267. The lowest BCUT2D eigenvalue weighted by atomic mass is 10.2. The molecule has 2 rings (SSSR count). The maximum absolute atomic E-state index is 12.3. The number of carbonyl (C=O) groups excluding carboxylic acids is 1. The molecular formula is C15H17BrN4O. The summed E-state index contributed by atoms with van der Waals surface area (Å²) in [5.74, 6) is 0.453. The van der Waals surface area contributed by atoms with Crippen LogP contribution in [-0.2, 0) is 0 Å². The molecule has 1 heterocycles. The number of amides is 1. The van der Waals surface area contributed by atoms with E-state index in [1.54, 1.807) is 12.1 Å². The molecule has 1 N–H and O–H groups in total. The standard InChI is InChI=1S/C15H17BrN4O/c1-9-13(10(2)18-15(17-9)20(3)4)19-14(21)11-6-5-7-12(16)8-11/h5-8H,1-4H3,(H,19,21). The molecule has 2 aromatic rings. The molecule has 0 spiro atoms. The van der Waals surface area contributed by atoms with Crippen molar-refractivity contribution in [3.63, 3.8) is 0 Å². The molecule has 0 fully saturated rings. The highest BCUT2D eigenvalue weighted by Crippen LogP contribution is 2.21. The van der Waals surface area contributed by atoms with Crippen LogP contribution in [0.2, 0.25) is 0 Å². The number of hydrogen-bond donors (Lipinski definition) is 1. The molecule has 0 bridgehead atoms. The van der Waals surface area contributed by atoms with E-state index >= 15 is 0 Å². The van der Waals surface area contributed by atoms with Gasteiger partial charge in [-0.3, -0.25) is 4.79 Å². The minimum atomic E-state index is -0.177. The number of rotatable bonds is 3. The van der Waals surface area contributed by atoms with Crippen molar-refractivity contribution in [2.75, 3.05) is 24.3 Å². The summed E-state index contributed by atoms with van der Waals surface area (Å²) >= 11 is 3.36. The maximum Gasteiger partial charge on any atom is 0.255 e. The van der Waals surface area contributed by atoms with E-state index in [4.69, 9.17) is 0 Å². The van der Waals surface area contributed by atoms with Crippen LogP contribution in [0.5, 0.6) is 0 Å². The molecule has 110 valence electrons. The molecule has 0 aliphatic rings. The van der Waals surface area contributed by atoms with E-state index < -0.39 is 0 Å². The van der Waals surface area contributed by atoms with Crippen LogP contribution in [0.15, 0.2) is 28.7 Å². The normalized spacial score (nSPS) is 10.3. The number of anilines is 2. The van der Waals surface area contributed by atoms with Crippen molar-refractivity contribution in [2.24, 2.45) is 0 Å². The maximum atomic E-state index is 12.3. The number of aromatic nitrogens is 2. The quantitative estimate of drug-likeness (QED) is 0.925. The largest absolute Gasteiger partial charge is 0.347 e. The van der Waals surface area contributed by atoms with E-state index in [1.807, 2.05) is 45.0 Å². The van der Waals surface area contributed by atoms with Gasteiger partial charge in [-0.25, -0.2) is 9.97 Å². The third-order valence-corrected chi connectivity index (χ3v) is 3.48. The Bertz CT molecular complexity index is 662. The van der Waals surface area contributed by atoms with Crippen molar-refractivity contribution in [1.29, 1.82) is 0 Å². The Hall–Kier alpha value is -1.95. The van der Waals surface area contributed by atoms with Crippen molar-refractivity contribution in [3.8, 4) is 0 Å². The van der Waals surface area contributed by atoms with Crippen molar-refractivity contribution in [1.82, 2.24) is 9.97 Å². The molecule has 21 heavy (non-hydrogen) atoms. The Morgan fingerprint density at radius 2 is 1.81 bits per heavy atom. The Morgan fingerprint density at radius 3 is 2.33 bits per heavy atom. The highest BCUT2D eigenvalue weighted by atomic mass is 79.9. The number of carbonyl (C=O) groups is 1. The predicted octanol–water partition coefficient (Wildman–Crippen LogP) is 3.17. The second-order valence-electron chi connectivity index (χ2n) is 4.93. The zero-order valence-electron chi connectivity index (χ0n) is 12.4.